The van der Waals surface area contributed by atoms with Gasteiger partial charge in [-0.1, -0.05) is 33.1 Å². The Balaban J connectivity index is 3.69. The number of ether oxygens (including phenoxy) is 1. The molecule has 2 atom stereocenters. The highest BCUT2D eigenvalue weighted by molar-refractivity contribution is 4.77. The predicted octanol–water partition coefficient (Wildman–Crippen LogP) is 1.94. The molecule has 116 valence electrons. The zero-order chi connectivity index (χ0) is 14.7. The Morgan fingerprint density at radius 2 is 1.89 bits per heavy atom. The molecule has 0 amide bonds. The van der Waals surface area contributed by atoms with Crippen LogP contribution in [-0.2, 0) is 4.74 Å². The minimum atomic E-state index is -0.519. The number of hydrogen-bond acceptors (Lipinski definition) is 4. The van der Waals surface area contributed by atoms with Crippen LogP contribution in [0.1, 0.15) is 53.4 Å². The Labute approximate surface area is 118 Å². The fourth-order valence-electron chi connectivity index (χ4n) is 1.78. The Morgan fingerprint density at radius 1 is 1.21 bits per heavy atom. The third kappa shape index (κ3) is 10.3. The van der Waals surface area contributed by atoms with Crippen molar-refractivity contribution in [3.05, 3.63) is 0 Å². The van der Waals surface area contributed by atoms with Gasteiger partial charge in [0.25, 0.3) is 0 Å². The van der Waals surface area contributed by atoms with Crippen molar-refractivity contribution in [3.8, 4) is 0 Å². The van der Waals surface area contributed by atoms with Crippen LogP contribution in [0.25, 0.3) is 0 Å². The van der Waals surface area contributed by atoms with Gasteiger partial charge in [-0.25, -0.2) is 0 Å². The SMILES string of the molecule is CCCCC(CC)COCC(O)CNC(C)(C)CO. The first-order valence-corrected chi connectivity index (χ1v) is 7.56. The normalized spacial score (nSPS) is 15.5. The highest BCUT2D eigenvalue weighted by Crippen LogP contribution is 2.12. The van der Waals surface area contributed by atoms with Crippen LogP contribution in [-0.4, -0.2) is 48.2 Å². The van der Waals surface area contributed by atoms with Gasteiger partial charge in [0.1, 0.15) is 0 Å². The molecule has 2 unspecified atom stereocenters. The third-order valence-electron chi connectivity index (χ3n) is 3.42. The van der Waals surface area contributed by atoms with Crippen molar-refractivity contribution in [2.45, 2.75) is 65.0 Å². The molecule has 0 aliphatic rings. The summed E-state index contributed by atoms with van der Waals surface area (Å²) in [5.41, 5.74) is -0.353. The summed E-state index contributed by atoms with van der Waals surface area (Å²) in [5, 5.41) is 22.0. The van der Waals surface area contributed by atoms with Gasteiger partial charge < -0.3 is 20.3 Å². The van der Waals surface area contributed by atoms with Gasteiger partial charge in [0, 0.05) is 18.7 Å². The van der Waals surface area contributed by atoms with Crippen LogP contribution in [0, 0.1) is 5.92 Å². The van der Waals surface area contributed by atoms with E-state index in [0.29, 0.717) is 19.1 Å². The summed E-state index contributed by atoms with van der Waals surface area (Å²) in [4.78, 5) is 0. The van der Waals surface area contributed by atoms with Crippen LogP contribution in [0.15, 0.2) is 0 Å². The number of unbranched alkanes of at least 4 members (excludes halogenated alkanes) is 1. The largest absolute Gasteiger partial charge is 0.394 e. The van der Waals surface area contributed by atoms with Gasteiger partial charge >= 0.3 is 0 Å². The molecule has 0 aromatic heterocycles. The Hall–Kier alpha value is -0.160. The van der Waals surface area contributed by atoms with Crippen molar-refractivity contribution in [2.75, 3.05) is 26.4 Å². The van der Waals surface area contributed by atoms with Gasteiger partial charge in [0.2, 0.25) is 0 Å². The van der Waals surface area contributed by atoms with Gasteiger partial charge in [0.05, 0.1) is 19.3 Å². The summed E-state index contributed by atoms with van der Waals surface area (Å²) in [6.07, 6.45) is 4.29. The molecule has 0 bridgehead atoms. The minimum absolute atomic E-state index is 0.0511. The van der Waals surface area contributed by atoms with Crippen molar-refractivity contribution in [1.29, 1.82) is 0 Å². The molecule has 0 aromatic carbocycles. The Bertz CT molecular complexity index is 210. The summed E-state index contributed by atoms with van der Waals surface area (Å²) in [6, 6.07) is 0. The molecule has 4 nitrogen and oxygen atoms in total. The van der Waals surface area contributed by atoms with Crippen LogP contribution in [0.5, 0.6) is 0 Å². The smallest absolute Gasteiger partial charge is 0.0897 e. The first kappa shape index (κ1) is 18.8. The van der Waals surface area contributed by atoms with Crippen LogP contribution in [0.3, 0.4) is 0 Å². The average Bonchev–Trinajstić information content (AvgIpc) is 2.40. The Morgan fingerprint density at radius 3 is 2.42 bits per heavy atom. The average molecular weight is 275 g/mol. The molecule has 3 N–H and O–H groups in total. The fourth-order valence-corrected chi connectivity index (χ4v) is 1.78. The lowest BCUT2D eigenvalue weighted by Gasteiger charge is -2.25. The highest BCUT2D eigenvalue weighted by Gasteiger charge is 2.17. The summed E-state index contributed by atoms with van der Waals surface area (Å²) in [5.74, 6) is 0.606. The number of aliphatic hydroxyl groups excluding tert-OH is 2. The van der Waals surface area contributed by atoms with Crippen LogP contribution < -0.4 is 5.32 Å². The summed E-state index contributed by atoms with van der Waals surface area (Å²) >= 11 is 0. The van der Waals surface area contributed by atoms with Gasteiger partial charge in [-0.2, -0.15) is 0 Å². The number of aliphatic hydroxyl groups is 2. The van der Waals surface area contributed by atoms with E-state index in [9.17, 15) is 5.11 Å². The molecule has 0 aliphatic carbocycles. The maximum absolute atomic E-state index is 9.80. The van der Waals surface area contributed by atoms with Gasteiger partial charge in [0.15, 0.2) is 0 Å². The Kier molecular flexibility index (Phi) is 10.5. The molecule has 0 rings (SSSR count). The van der Waals surface area contributed by atoms with E-state index in [1.165, 1.54) is 19.3 Å². The van der Waals surface area contributed by atoms with Crippen molar-refractivity contribution >= 4 is 0 Å². The van der Waals surface area contributed by atoms with E-state index in [1.54, 1.807) is 0 Å². The second kappa shape index (κ2) is 10.6. The number of rotatable bonds is 12. The lowest BCUT2D eigenvalue weighted by atomic mass is 10.0. The second-order valence-corrected chi connectivity index (χ2v) is 6.03. The lowest BCUT2D eigenvalue weighted by Crippen LogP contribution is -2.47. The first-order valence-electron chi connectivity index (χ1n) is 7.56. The van der Waals surface area contributed by atoms with Gasteiger partial charge in [-0.05, 0) is 26.2 Å². The molecule has 0 heterocycles. The van der Waals surface area contributed by atoms with Gasteiger partial charge in [-0.3, -0.25) is 0 Å². The van der Waals surface area contributed by atoms with Crippen LogP contribution >= 0.6 is 0 Å². The quantitative estimate of drug-likeness (QED) is 0.509. The van der Waals surface area contributed by atoms with E-state index in [0.717, 1.165) is 13.0 Å². The molecule has 0 saturated carbocycles. The number of hydrogen-bond donors (Lipinski definition) is 3. The van der Waals surface area contributed by atoms with E-state index in [-0.39, 0.29) is 12.1 Å². The van der Waals surface area contributed by atoms with E-state index < -0.39 is 6.10 Å². The minimum Gasteiger partial charge on any atom is -0.394 e. The van der Waals surface area contributed by atoms with Crippen molar-refractivity contribution in [2.24, 2.45) is 5.92 Å². The van der Waals surface area contributed by atoms with Crippen molar-refractivity contribution in [1.82, 2.24) is 5.32 Å². The topological polar surface area (TPSA) is 61.7 Å². The van der Waals surface area contributed by atoms with Crippen molar-refractivity contribution in [3.63, 3.8) is 0 Å². The molecule has 0 spiro atoms. The maximum atomic E-state index is 9.80. The zero-order valence-electron chi connectivity index (χ0n) is 13.1. The molecule has 0 aromatic rings. The number of β-amino-alcohol motifs (C(OH)–C–C–N with tert-alkyl or cyclic N) is 1. The summed E-state index contributed by atoms with van der Waals surface area (Å²) in [7, 11) is 0. The van der Waals surface area contributed by atoms with E-state index in [4.69, 9.17) is 9.84 Å². The zero-order valence-corrected chi connectivity index (χ0v) is 13.1. The molecular formula is C15H33NO3. The van der Waals surface area contributed by atoms with Crippen LogP contribution in [0.4, 0.5) is 0 Å². The summed E-state index contributed by atoms with van der Waals surface area (Å²) < 4.78 is 5.59. The molecule has 0 saturated heterocycles. The molecule has 0 aliphatic heterocycles. The highest BCUT2D eigenvalue weighted by atomic mass is 16.5. The van der Waals surface area contributed by atoms with E-state index in [2.05, 4.69) is 19.2 Å². The third-order valence-corrected chi connectivity index (χ3v) is 3.42. The molecule has 0 fully saturated rings. The molecule has 0 radical (unpaired) electrons. The van der Waals surface area contributed by atoms with E-state index in [1.807, 2.05) is 13.8 Å². The second-order valence-electron chi connectivity index (χ2n) is 6.03. The van der Waals surface area contributed by atoms with E-state index >= 15 is 0 Å². The molecule has 19 heavy (non-hydrogen) atoms. The summed E-state index contributed by atoms with van der Waals surface area (Å²) in [6.45, 7) is 9.77. The number of nitrogens with one attached hydrogen (secondary N) is 1. The van der Waals surface area contributed by atoms with Crippen molar-refractivity contribution < 1.29 is 14.9 Å². The monoisotopic (exact) mass is 275 g/mol. The standard InChI is InChI=1S/C15H33NO3/c1-5-7-8-13(6-2)10-19-11-14(18)9-16-15(3,4)12-17/h13-14,16-18H,5-12H2,1-4H3. The molecular weight excluding hydrogens is 242 g/mol. The predicted molar refractivity (Wildman–Crippen MR) is 79.3 cm³/mol. The maximum Gasteiger partial charge on any atom is 0.0897 e. The van der Waals surface area contributed by atoms with Crippen LogP contribution in [0.2, 0.25) is 0 Å². The fraction of sp³-hybridized carbons (Fsp3) is 1.00. The van der Waals surface area contributed by atoms with Gasteiger partial charge in [-0.15, -0.1) is 0 Å². The lowest BCUT2D eigenvalue weighted by molar-refractivity contribution is 0.0150. The molecule has 4 heteroatoms. The first-order chi connectivity index (χ1) is 8.95.